The first-order valence-corrected chi connectivity index (χ1v) is 5.14. The Labute approximate surface area is 94.0 Å². The van der Waals surface area contributed by atoms with Gasteiger partial charge in [-0.2, -0.15) is 0 Å². The van der Waals surface area contributed by atoms with Gasteiger partial charge < -0.3 is 10.2 Å². The molecule has 0 atom stereocenters. The van der Waals surface area contributed by atoms with Crippen LogP contribution in [0.25, 0.3) is 0 Å². The molecule has 0 unspecified atom stereocenters. The van der Waals surface area contributed by atoms with Crippen molar-refractivity contribution in [1.29, 1.82) is 0 Å². The van der Waals surface area contributed by atoms with E-state index in [1.807, 2.05) is 19.9 Å². The predicted octanol–water partition coefficient (Wildman–Crippen LogP) is 2.52. The fraction of sp³-hybridized carbons (Fsp3) is 0.308. The molecule has 0 aromatic heterocycles. The summed E-state index contributed by atoms with van der Waals surface area (Å²) in [7, 11) is 0. The molecule has 84 valence electrons. The molecular formula is C13H14O3. The lowest BCUT2D eigenvalue weighted by Crippen LogP contribution is -2.25. The number of phenols is 2. The number of ketones is 1. The van der Waals surface area contributed by atoms with Crippen LogP contribution in [-0.2, 0) is 5.41 Å². The highest BCUT2D eigenvalue weighted by atomic mass is 16.3. The van der Waals surface area contributed by atoms with Crippen LogP contribution < -0.4 is 0 Å². The molecule has 0 radical (unpaired) electrons. The second kappa shape index (κ2) is 3.11. The van der Waals surface area contributed by atoms with Crippen LogP contribution in [0.2, 0.25) is 0 Å². The Morgan fingerprint density at radius 1 is 1.12 bits per heavy atom. The average Bonchev–Trinajstić information content (AvgIpc) is 2.17. The first-order chi connectivity index (χ1) is 7.34. The van der Waals surface area contributed by atoms with Crippen molar-refractivity contribution in [3.8, 4) is 11.5 Å². The van der Waals surface area contributed by atoms with E-state index in [2.05, 4.69) is 0 Å². The number of hydrogen-bond acceptors (Lipinski definition) is 3. The minimum Gasteiger partial charge on any atom is -0.508 e. The van der Waals surface area contributed by atoms with Gasteiger partial charge in [-0.05, 0) is 24.6 Å². The van der Waals surface area contributed by atoms with Crippen molar-refractivity contribution in [3.63, 3.8) is 0 Å². The Kier molecular flexibility index (Phi) is 2.09. The Hall–Kier alpha value is -1.77. The Morgan fingerprint density at radius 2 is 1.69 bits per heavy atom. The highest BCUT2D eigenvalue weighted by Gasteiger charge is 2.34. The highest BCUT2D eigenvalue weighted by molar-refractivity contribution is 6.13. The minimum absolute atomic E-state index is 0.0508. The number of phenolic OH excluding ortho intramolecular Hbond substituents is 2. The average molecular weight is 218 g/mol. The van der Waals surface area contributed by atoms with Crippen LogP contribution in [0.1, 0.15) is 36.7 Å². The third kappa shape index (κ3) is 1.32. The number of carbonyl (C=O) groups excluding carboxylic acids is 1. The fourth-order valence-corrected chi connectivity index (χ4v) is 2.34. The van der Waals surface area contributed by atoms with Crippen LogP contribution >= 0.6 is 0 Å². The SMILES string of the molecule is CC1=CC(C)(C)c2c(O)ccc(O)c2C1=O. The Balaban J connectivity index is 2.85. The van der Waals surface area contributed by atoms with E-state index in [0.29, 0.717) is 11.1 Å². The zero-order valence-electron chi connectivity index (χ0n) is 9.53. The van der Waals surface area contributed by atoms with Gasteiger partial charge in [-0.1, -0.05) is 19.9 Å². The van der Waals surface area contributed by atoms with Crippen LogP contribution in [-0.4, -0.2) is 16.0 Å². The van der Waals surface area contributed by atoms with E-state index in [9.17, 15) is 15.0 Å². The molecule has 1 aliphatic rings. The highest BCUT2D eigenvalue weighted by Crippen LogP contribution is 2.43. The smallest absolute Gasteiger partial charge is 0.192 e. The van der Waals surface area contributed by atoms with Crippen molar-refractivity contribution in [3.05, 3.63) is 34.9 Å². The molecule has 0 bridgehead atoms. The molecule has 3 nitrogen and oxygen atoms in total. The zero-order valence-corrected chi connectivity index (χ0v) is 9.53. The van der Waals surface area contributed by atoms with Crippen LogP contribution in [0, 0.1) is 0 Å². The maximum atomic E-state index is 11.9. The van der Waals surface area contributed by atoms with Crippen molar-refractivity contribution in [2.24, 2.45) is 0 Å². The monoisotopic (exact) mass is 218 g/mol. The number of carbonyl (C=O) groups is 1. The molecule has 3 heteroatoms. The summed E-state index contributed by atoms with van der Waals surface area (Å²) in [5.41, 5.74) is 0.877. The molecule has 0 fully saturated rings. The third-order valence-electron chi connectivity index (χ3n) is 2.97. The topological polar surface area (TPSA) is 57.5 Å². The van der Waals surface area contributed by atoms with Crippen LogP contribution in [0.5, 0.6) is 11.5 Å². The van der Waals surface area contributed by atoms with Gasteiger partial charge in [-0.15, -0.1) is 0 Å². The van der Waals surface area contributed by atoms with Crippen molar-refractivity contribution in [1.82, 2.24) is 0 Å². The molecule has 2 rings (SSSR count). The quantitative estimate of drug-likeness (QED) is 0.658. The first kappa shape index (κ1) is 10.7. The number of allylic oxidation sites excluding steroid dienone is 2. The van der Waals surface area contributed by atoms with Gasteiger partial charge in [0.25, 0.3) is 0 Å². The minimum atomic E-state index is -0.448. The summed E-state index contributed by atoms with van der Waals surface area (Å²) >= 11 is 0. The molecule has 1 aliphatic carbocycles. The van der Waals surface area contributed by atoms with Gasteiger partial charge in [0.1, 0.15) is 11.5 Å². The van der Waals surface area contributed by atoms with Crippen molar-refractivity contribution < 1.29 is 15.0 Å². The molecule has 0 heterocycles. The van der Waals surface area contributed by atoms with E-state index >= 15 is 0 Å². The number of Topliss-reactive ketones (excluding diaryl/α,β-unsaturated/α-hetero) is 1. The lowest BCUT2D eigenvalue weighted by Gasteiger charge is -2.30. The normalized spacial score (nSPS) is 17.9. The predicted molar refractivity (Wildman–Crippen MR) is 60.9 cm³/mol. The maximum Gasteiger partial charge on any atom is 0.192 e. The Morgan fingerprint density at radius 3 is 2.31 bits per heavy atom. The van der Waals surface area contributed by atoms with Crippen LogP contribution in [0.3, 0.4) is 0 Å². The van der Waals surface area contributed by atoms with E-state index in [0.717, 1.165) is 0 Å². The molecule has 0 amide bonds. The van der Waals surface area contributed by atoms with Gasteiger partial charge in [-0.25, -0.2) is 0 Å². The number of hydrogen-bond donors (Lipinski definition) is 2. The van der Waals surface area contributed by atoms with Crippen LogP contribution in [0.15, 0.2) is 23.8 Å². The summed E-state index contributed by atoms with van der Waals surface area (Å²) in [6, 6.07) is 2.76. The van der Waals surface area contributed by atoms with E-state index < -0.39 is 5.41 Å². The standard InChI is InChI=1S/C13H14O3/c1-7-6-13(2,3)11-9(15)5-4-8(14)10(11)12(7)16/h4-6,14-15H,1-3H3. The molecule has 1 aromatic carbocycles. The second-order valence-electron chi connectivity index (χ2n) is 4.73. The second-order valence-corrected chi connectivity index (χ2v) is 4.73. The first-order valence-electron chi connectivity index (χ1n) is 5.14. The van der Waals surface area contributed by atoms with Crippen LogP contribution in [0.4, 0.5) is 0 Å². The largest absolute Gasteiger partial charge is 0.508 e. The summed E-state index contributed by atoms with van der Waals surface area (Å²) in [6.07, 6.45) is 1.82. The van der Waals surface area contributed by atoms with E-state index in [1.165, 1.54) is 12.1 Å². The van der Waals surface area contributed by atoms with Gasteiger partial charge in [0.2, 0.25) is 0 Å². The summed E-state index contributed by atoms with van der Waals surface area (Å²) in [4.78, 5) is 11.9. The van der Waals surface area contributed by atoms with Gasteiger partial charge in [0.05, 0.1) is 5.56 Å². The molecule has 0 spiro atoms. The molecular weight excluding hydrogens is 204 g/mol. The number of rotatable bonds is 0. The van der Waals surface area contributed by atoms with E-state index in [1.54, 1.807) is 6.92 Å². The van der Waals surface area contributed by atoms with E-state index in [-0.39, 0.29) is 22.8 Å². The molecule has 16 heavy (non-hydrogen) atoms. The molecule has 0 aliphatic heterocycles. The summed E-state index contributed by atoms with van der Waals surface area (Å²) in [5, 5.41) is 19.6. The third-order valence-corrected chi connectivity index (χ3v) is 2.97. The fourth-order valence-electron chi connectivity index (χ4n) is 2.34. The zero-order chi connectivity index (χ0) is 12.1. The lowest BCUT2D eigenvalue weighted by atomic mass is 9.73. The van der Waals surface area contributed by atoms with Gasteiger partial charge in [-0.3, -0.25) is 4.79 Å². The van der Waals surface area contributed by atoms with Gasteiger partial charge >= 0.3 is 0 Å². The van der Waals surface area contributed by atoms with Crippen molar-refractivity contribution >= 4 is 5.78 Å². The van der Waals surface area contributed by atoms with Gasteiger partial charge in [0, 0.05) is 11.0 Å². The summed E-state index contributed by atoms with van der Waals surface area (Å²) in [5.74, 6) is -0.240. The maximum absolute atomic E-state index is 11.9. The number of fused-ring (bicyclic) bond motifs is 1. The molecule has 1 aromatic rings. The molecule has 0 saturated heterocycles. The van der Waals surface area contributed by atoms with Crippen molar-refractivity contribution in [2.75, 3.05) is 0 Å². The summed E-state index contributed by atoms with van der Waals surface area (Å²) < 4.78 is 0. The van der Waals surface area contributed by atoms with Gasteiger partial charge in [0.15, 0.2) is 5.78 Å². The number of aromatic hydroxyl groups is 2. The Bertz CT molecular complexity index is 510. The number of benzene rings is 1. The molecule has 0 saturated carbocycles. The molecule has 2 N–H and O–H groups in total. The summed E-state index contributed by atoms with van der Waals surface area (Å²) in [6.45, 7) is 5.53. The van der Waals surface area contributed by atoms with E-state index in [4.69, 9.17) is 0 Å². The lowest BCUT2D eigenvalue weighted by molar-refractivity contribution is 0.102. The van der Waals surface area contributed by atoms with Crippen molar-refractivity contribution in [2.45, 2.75) is 26.2 Å².